The summed E-state index contributed by atoms with van der Waals surface area (Å²) >= 11 is 0. The molecule has 0 unspecified atom stereocenters. The second-order valence-electron chi connectivity index (χ2n) is 7.82. The van der Waals surface area contributed by atoms with Crippen molar-refractivity contribution >= 4 is 33.6 Å². The summed E-state index contributed by atoms with van der Waals surface area (Å²) in [7, 11) is 0. The van der Waals surface area contributed by atoms with Crippen LogP contribution in [0.1, 0.15) is 27.4 Å². The van der Waals surface area contributed by atoms with Gasteiger partial charge in [-0.15, -0.1) is 0 Å². The van der Waals surface area contributed by atoms with Crippen molar-refractivity contribution in [1.82, 2.24) is 20.6 Å². The smallest absolute Gasteiger partial charge is 0.267 e. The molecule has 2 aliphatic rings. The van der Waals surface area contributed by atoms with Crippen molar-refractivity contribution in [3.05, 3.63) is 47.8 Å². The number of benzene rings is 2. The first-order valence-electron chi connectivity index (χ1n) is 10.6. The summed E-state index contributed by atoms with van der Waals surface area (Å²) in [4.78, 5) is 31.1. The molecule has 0 saturated heterocycles. The van der Waals surface area contributed by atoms with E-state index < -0.39 is 0 Å². The van der Waals surface area contributed by atoms with E-state index in [-0.39, 0.29) is 25.4 Å². The third-order valence-electron chi connectivity index (χ3n) is 5.64. The van der Waals surface area contributed by atoms with E-state index in [1.165, 1.54) is 0 Å². The Morgan fingerprint density at radius 2 is 1.09 bits per heavy atom. The summed E-state index contributed by atoms with van der Waals surface area (Å²) in [6, 6.07) is 10.9. The fourth-order valence-electron chi connectivity index (χ4n) is 3.97. The van der Waals surface area contributed by atoms with Crippen LogP contribution in [0, 0.1) is 0 Å². The Morgan fingerprint density at radius 3 is 1.55 bits per heavy atom. The standard InChI is InChI=1S/C23H20N4O6/c28-22(16-4-12-6-18-20(32-10-30-18)8-14(12)26-16)24-2-1-3-25-23(29)17-5-13-7-19-21(33-11-31-19)9-15(13)27-17/h4-9,26-27H,1-3,10-11H2,(H,24,28)(H,25,29). The molecular weight excluding hydrogens is 428 g/mol. The van der Waals surface area contributed by atoms with E-state index >= 15 is 0 Å². The molecule has 0 spiro atoms. The van der Waals surface area contributed by atoms with Gasteiger partial charge in [-0.3, -0.25) is 9.59 Å². The molecule has 2 amide bonds. The molecule has 10 heteroatoms. The number of amides is 2. The summed E-state index contributed by atoms with van der Waals surface area (Å²) in [6.07, 6.45) is 0.587. The summed E-state index contributed by atoms with van der Waals surface area (Å²) in [5.74, 6) is 2.23. The molecular formula is C23H20N4O6. The van der Waals surface area contributed by atoms with Crippen molar-refractivity contribution in [2.75, 3.05) is 26.7 Å². The lowest BCUT2D eigenvalue weighted by atomic mass is 10.2. The molecule has 0 aliphatic carbocycles. The SMILES string of the molecule is O=C(NCCCNC(=O)c1cc2cc3c(cc2[nH]1)OCO3)c1cc2cc3c(cc2[nH]1)OCO3. The van der Waals surface area contributed by atoms with Crippen LogP contribution in [0.5, 0.6) is 23.0 Å². The van der Waals surface area contributed by atoms with Crippen molar-refractivity contribution in [1.29, 1.82) is 0 Å². The Labute approximate surface area is 187 Å². The summed E-state index contributed by atoms with van der Waals surface area (Å²) in [5.41, 5.74) is 2.52. The van der Waals surface area contributed by atoms with Crippen LogP contribution in [0.3, 0.4) is 0 Å². The second-order valence-corrected chi connectivity index (χ2v) is 7.82. The zero-order valence-electron chi connectivity index (χ0n) is 17.4. The minimum absolute atomic E-state index is 0.206. The van der Waals surface area contributed by atoms with Crippen LogP contribution in [0.4, 0.5) is 0 Å². The lowest BCUT2D eigenvalue weighted by Crippen LogP contribution is -2.30. The highest BCUT2D eigenvalue weighted by molar-refractivity contribution is 5.99. The van der Waals surface area contributed by atoms with Gasteiger partial charge in [0.15, 0.2) is 23.0 Å². The quantitative estimate of drug-likeness (QED) is 0.336. The number of hydrogen-bond donors (Lipinski definition) is 4. The Bertz CT molecular complexity index is 1220. The van der Waals surface area contributed by atoms with E-state index in [2.05, 4.69) is 20.6 Å². The maximum atomic E-state index is 12.5. The number of aromatic nitrogens is 2. The normalized spacial score (nSPS) is 13.6. The molecule has 2 aromatic heterocycles. The number of ether oxygens (including phenoxy) is 4. The van der Waals surface area contributed by atoms with E-state index in [1.807, 2.05) is 24.3 Å². The fraction of sp³-hybridized carbons (Fsp3) is 0.217. The van der Waals surface area contributed by atoms with Crippen LogP contribution in [0.15, 0.2) is 36.4 Å². The van der Waals surface area contributed by atoms with Gasteiger partial charge >= 0.3 is 0 Å². The van der Waals surface area contributed by atoms with E-state index in [4.69, 9.17) is 18.9 Å². The van der Waals surface area contributed by atoms with Crippen molar-refractivity contribution in [3.63, 3.8) is 0 Å². The molecule has 0 fully saturated rings. The Balaban J connectivity index is 1.00. The number of fused-ring (bicyclic) bond motifs is 4. The molecule has 0 saturated carbocycles. The highest BCUT2D eigenvalue weighted by Crippen LogP contribution is 2.37. The molecule has 4 N–H and O–H groups in total. The van der Waals surface area contributed by atoms with Gasteiger partial charge in [0.25, 0.3) is 11.8 Å². The van der Waals surface area contributed by atoms with E-state index in [0.29, 0.717) is 53.9 Å². The van der Waals surface area contributed by atoms with Gasteiger partial charge in [-0.05, 0) is 30.7 Å². The summed E-state index contributed by atoms with van der Waals surface area (Å²) in [6.45, 7) is 1.26. The van der Waals surface area contributed by atoms with Crippen LogP contribution >= 0.6 is 0 Å². The zero-order valence-corrected chi connectivity index (χ0v) is 17.4. The predicted octanol–water partition coefficient (Wildman–Crippen LogP) is 2.66. The van der Waals surface area contributed by atoms with Crippen LogP contribution in [0.2, 0.25) is 0 Å². The molecule has 10 nitrogen and oxygen atoms in total. The first-order valence-corrected chi connectivity index (χ1v) is 10.6. The van der Waals surface area contributed by atoms with E-state index in [1.54, 1.807) is 12.1 Å². The van der Waals surface area contributed by atoms with Crippen molar-refractivity contribution in [3.8, 4) is 23.0 Å². The van der Waals surface area contributed by atoms with Crippen LogP contribution < -0.4 is 29.6 Å². The number of carbonyl (C=O) groups excluding carboxylic acids is 2. The van der Waals surface area contributed by atoms with Crippen LogP contribution in [-0.4, -0.2) is 48.5 Å². The van der Waals surface area contributed by atoms with Gasteiger partial charge in [-0.25, -0.2) is 0 Å². The molecule has 4 aromatic rings. The van der Waals surface area contributed by atoms with Crippen molar-refractivity contribution in [2.24, 2.45) is 0 Å². The molecule has 168 valence electrons. The fourth-order valence-corrected chi connectivity index (χ4v) is 3.97. The Morgan fingerprint density at radius 1 is 0.667 bits per heavy atom. The molecule has 2 aliphatic heterocycles. The number of aromatic amines is 2. The molecule has 0 atom stereocenters. The van der Waals surface area contributed by atoms with E-state index in [9.17, 15) is 9.59 Å². The average molecular weight is 448 g/mol. The topological polar surface area (TPSA) is 127 Å². The van der Waals surface area contributed by atoms with Gasteiger partial charge in [-0.2, -0.15) is 0 Å². The maximum Gasteiger partial charge on any atom is 0.267 e. The molecule has 0 bridgehead atoms. The van der Waals surface area contributed by atoms with Crippen LogP contribution in [0.25, 0.3) is 21.8 Å². The van der Waals surface area contributed by atoms with Crippen molar-refractivity contribution in [2.45, 2.75) is 6.42 Å². The third-order valence-corrected chi connectivity index (χ3v) is 5.64. The van der Waals surface area contributed by atoms with Crippen molar-refractivity contribution < 1.29 is 28.5 Å². The van der Waals surface area contributed by atoms with Gasteiger partial charge in [0.2, 0.25) is 13.6 Å². The van der Waals surface area contributed by atoms with Gasteiger partial charge in [0.1, 0.15) is 11.4 Å². The minimum atomic E-state index is -0.215. The molecule has 6 rings (SSSR count). The van der Waals surface area contributed by atoms with Crippen LogP contribution in [-0.2, 0) is 0 Å². The molecule has 0 radical (unpaired) electrons. The molecule has 33 heavy (non-hydrogen) atoms. The minimum Gasteiger partial charge on any atom is -0.454 e. The number of rotatable bonds is 6. The highest BCUT2D eigenvalue weighted by atomic mass is 16.7. The summed E-state index contributed by atoms with van der Waals surface area (Å²) in [5, 5.41) is 7.46. The molecule has 4 heterocycles. The maximum absolute atomic E-state index is 12.5. The lowest BCUT2D eigenvalue weighted by Gasteiger charge is -2.05. The Kier molecular flexibility index (Phi) is 4.49. The first-order chi connectivity index (χ1) is 16.1. The average Bonchev–Trinajstić information content (AvgIpc) is 3.59. The lowest BCUT2D eigenvalue weighted by molar-refractivity contribution is 0.0947. The Hall–Kier alpha value is -4.34. The second kappa shape index (κ2) is 7.66. The number of nitrogens with one attached hydrogen (secondary N) is 4. The third kappa shape index (κ3) is 3.55. The van der Waals surface area contributed by atoms with Gasteiger partial charge in [0, 0.05) is 47.0 Å². The number of hydrogen-bond acceptors (Lipinski definition) is 6. The van der Waals surface area contributed by atoms with E-state index in [0.717, 1.165) is 21.8 Å². The number of carbonyl (C=O) groups is 2. The first kappa shape index (κ1) is 19.4. The van der Waals surface area contributed by atoms with Gasteiger partial charge < -0.3 is 39.5 Å². The summed E-state index contributed by atoms with van der Waals surface area (Å²) < 4.78 is 21.5. The largest absolute Gasteiger partial charge is 0.454 e. The predicted molar refractivity (Wildman–Crippen MR) is 118 cm³/mol. The monoisotopic (exact) mass is 448 g/mol. The zero-order chi connectivity index (χ0) is 22.4. The highest BCUT2D eigenvalue weighted by Gasteiger charge is 2.18. The molecule has 2 aromatic carbocycles. The van der Waals surface area contributed by atoms with Gasteiger partial charge in [-0.1, -0.05) is 0 Å². The number of H-pyrrole nitrogens is 2. The van der Waals surface area contributed by atoms with Gasteiger partial charge in [0.05, 0.1) is 0 Å².